The Labute approximate surface area is 220 Å². The molecule has 4 heteroatoms. The van der Waals surface area contributed by atoms with Gasteiger partial charge in [-0.1, -0.05) is 48.5 Å². The Hall–Kier alpha value is -4.44. The van der Waals surface area contributed by atoms with Crippen LogP contribution in [0.5, 0.6) is 0 Å². The van der Waals surface area contributed by atoms with Crippen molar-refractivity contribution in [1.82, 2.24) is 0 Å². The lowest BCUT2D eigenvalue weighted by Crippen LogP contribution is -2.53. The molecule has 0 bridgehead atoms. The molecule has 2 aliphatic heterocycles. The van der Waals surface area contributed by atoms with E-state index in [1.165, 1.54) is 17.2 Å². The van der Waals surface area contributed by atoms with Crippen molar-refractivity contribution in [2.24, 2.45) is 0 Å². The second kappa shape index (κ2) is 8.84. The van der Waals surface area contributed by atoms with E-state index < -0.39 is 11.6 Å². The molecule has 0 aliphatic carbocycles. The van der Waals surface area contributed by atoms with E-state index in [0.29, 0.717) is 24.0 Å². The minimum atomic E-state index is -0.577. The van der Waals surface area contributed by atoms with Gasteiger partial charge in [0.25, 0.3) is 0 Å². The first-order chi connectivity index (χ1) is 18.6. The van der Waals surface area contributed by atoms with Gasteiger partial charge in [0.05, 0.1) is 11.5 Å². The molecule has 4 heterocycles. The maximum absolute atomic E-state index is 15.4. The first kappa shape index (κ1) is 22.7. The number of fused-ring (bicyclic) bond motifs is 9. The van der Waals surface area contributed by atoms with Crippen molar-refractivity contribution in [1.29, 1.82) is 0 Å². The highest BCUT2D eigenvalue weighted by atomic mass is 19.1. The zero-order valence-electron chi connectivity index (χ0n) is 20.8. The van der Waals surface area contributed by atoms with Gasteiger partial charge in [0.1, 0.15) is 11.6 Å². The molecular weight excluding hydrogens is 474 g/mol. The van der Waals surface area contributed by atoms with E-state index in [0.717, 1.165) is 34.3 Å². The fourth-order valence-corrected chi connectivity index (χ4v) is 6.34. The summed E-state index contributed by atoms with van der Waals surface area (Å²) in [6, 6.07) is 31.2. The number of benzene rings is 3. The van der Waals surface area contributed by atoms with Gasteiger partial charge in [0, 0.05) is 41.0 Å². The lowest BCUT2D eigenvalue weighted by molar-refractivity contribution is -0.727. The standard InChI is InChI=1S/C34H26F2N2/c1-22-34-29(26-11-5-6-12-28(26)32-13-7-8-18-37(32)34)16-15-27-30(19-25(35)20-31(27)36)33-17-14-24(21-38(22)33)23-9-3-2-4-10-23/h2-14,17-21,29,34H,1,15-16H2/q+2. The largest absolute Gasteiger partial charge is 0.249 e. The Morgan fingerprint density at radius 3 is 2.39 bits per heavy atom. The molecule has 0 saturated carbocycles. The van der Waals surface area contributed by atoms with Crippen LogP contribution in [0, 0.1) is 11.6 Å². The minimum absolute atomic E-state index is 0.0646. The zero-order valence-corrected chi connectivity index (χ0v) is 20.8. The Bertz CT molecular complexity index is 1720. The predicted molar refractivity (Wildman–Crippen MR) is 145 cm³/mol. The van der Waals surface area contributed by atoms with E-state index in [4.69, 9.17) is 0 Å². The molecule has 2 aromatic heterocycles. The molecule has 38 heavy (non-hydrogen) atoms. The highest BCUT2D eigenvalue weighted by molar-refractivity contribution is 5.69. The minimum Gasteiger partial charge on any atom is -0.207 e. The fraction of sp³-hybridized carbons (Fsp3) is 0.118. The summed E-state index contributed by atoms with van der Waals surface area (Å²) in [6.45, 7) is 4.66. The summed E-state index contributed by atoms with van der Waals surface area (Å²) in [6.07, 6.45) is 5.37. The van der Waals surface area contributed by atoms with E-state index in [1.54, 1.807) is 0 Å². The van der Waals surface area contributed by atoms with Crippen LogP contribution >= 0.6 is 0 Å². The van der Waals surface area contributed by atoms with E-state index in [-0.39, 0.29) is 12.0 Å². The second-order valence-corrected chi connectivity index (χ2v) is 10.1. The molecule has 0 amide bonds. The molecular formula is C34H26F2N2+2. The Morgan fingerprint density at radius 1 is 0.737 bits per heavy atom. The smallest absolute Gasteiger partial charge is 0.207 e. The average molecular weight is 501 g/mol. The molecule has 0 spiro atoms. The van der Waals surface area contributed by atoms with Gasteiger partial charge in [0.15, 0.2) is 12.4 Å². The summed E-state index contributed by atoms with van der Waals surface area (Å²) in [5.74, 6) is -1.01. The highest BCUT2D eigenvalue weighted by Gasteiger charge is 2.46. The Kier molecular flexibility index (Phi) is 5.29. The van der Waals surface area contributed by atoms with Crippen LogP contribution in [0.4, 0.5) is 8.78 Å². The van der Waals surface area contributed by atoms with Crippen LogP contribution in [-0.2, 0) is 6.42 Å². The lowest BCUT2D eigenvalue weighted by atomic mass is 9.78. The maximum atomic E-state index is 15.4. The van der Waals surface area contributed by atoms with Gasteiger partial charge in [-0.2, -0.15) is 9.13 Å². The first-order valence-corrected chi connectivity index (χ1v) is 13.0. The van der Waals surface area contributed by atoms with Gasteiger partial charge >= 0.3 is 0 Å². The summed E-state index contributed by atoms with van der Waals surface area (Å²) in [7, 11) is 0. The number of halogens is 2. The van der Waals surface area contributed by atoms with Crippen molar-refractivity contribution in [3.05, 3.63) is 139 Å². The van der Waals surface area contributed by atoms with Gasteiger partial charge in [-0.15, -0.1) is 0 Å². The molecule has 0 fully saturated rings. The second-order valence-electron chi connectivity index (χ2n) is 10.1. The first-order valence-electron chi connectivity index (χ1n) is 13.0. The Morgan fingerprint density at radius 2 is 1.53 bits per heavy atom. The van der Waals surface area contributed by atoms with Crippen LogP contribution in [0.3, 0.4) is 0 Å². The topological polar surface area (TPSA) is 7.76 Å². The lowest BCUT2D eigenvalue weighted by Gasteiger charge is -2.29. The fourth-order valence-electron chi connectivity index (χ4n) is 6.34. The van der Waals surface area contributed by atoms with Crippen LogP contribution in [-0.4, -0.2) is 0 Å². The van der Waals surface area contributed by atoms with E-state index in [1.807, 2.05) is 36.4 Å². The van der Waals surface area contributed by atoms with Crippen LogP contribution in [0.25, 0.3) is 39.3 Å². The quantitative estimate of drug-likeness (QED) is 0.214. The SMILES string of the molecule is C=C1C2C(CCc3c(F)cc(F)cc3-c3ccc(-c4ccccc4)c[n+]31)c1ccccc1-c1cccc[n+]12. The highest BCUT2D eigenvalue weighted by Crippen LogP contribution is 2.45. The van der Waals surface area contributed by atoms with Crippen LogP contribution < -0.4 is 9.13 Å². The molecule has 0 saturated heterocycles. The van der Waals surface area contributed by atoms with E-state index >= 15 is 4.39 Å². The molecule has 2 unspecified atom stereocenters. The number of hydrogen-bond acceptors (Lipinski definition) is 0. The molecule has 2 aliphatic rings. The van der Waals surface area contributed by atoms with Crippen molar-refractivity contribution in [2.75, 3.05) is 0 Å². The third kappa shape index (κ3) is 3.52. The molecule has 184 valence electrons. The number of allylic oxidation sites excluding steroid dienone is 1. The van der Waals surface area contributed by atoms with Crippen molar-refractivity contribution in [3.63, 3.8) is 0 Å². The molecule has 5 aromatic rings. The average Bonchev–Trinajstić information content (AvgIpc) is 3.00. The van der Waals surface area contributed by atoms with Crippen molar-refractivity contribution in [3.8, 4) is 33.6 Å². The molecule has 3 aromatic carbocycles. The van der Waals surface area contributed by atoms with Gasteiger partial charge in [-0.3, -0.25) is 0 Å². The summed E-state index contributed by atoms with van der Waals surface area (Å²) in [5, 5.41) is 0. The molecule has 2 atom stereocenters. The number of pyridine rings is 2. The summed E-state index contributed by atoms with van der Waals surface area (Å²) >= 11 is 0. The molecule has 0 N–H and O–H groups in total. The third-order valence-electron chi connectivity index (χ3n) is 8.06. The summed E-state index contributed by atoms with van der Waals surface area (Å²) in [4.78, 5) is 0. The number of rotatable bonds is 1. The maximum Gasteiger partial charge on any atom is 0.249 e. The molecule has 7 rings (SSSR count). The van der Waals surface area contributed by atoms with Crippen LogP contribution in [0.15, 0.2) is 116 Å². The van der Waals surface area contributed by atoms with Crippen molar-refractivity contribution >= 4 is 5.70 Å². The monoisotopic (exact) mass is 500 g/mol. The van der Waals surface area contributed by atoms with Gasteiger partial charge in [-0.05, 0) is 54.8 Å². The van der Waals surface area contributed by atoms with Gasteiger partial charge in [0.2, 0.25) is 23.1 Å². The van der Waals surface area contributed by atoms with Gasteiger partial charge < -0.3 is 0 Å². The van der Waals surface area contributed by atoms with Crippen molar-refractivity contribution in [2.45, 2.75) is 24.8 Å². The van der Waals surface area contributed by atoms with Crippen LogP contribution in [0.2, 0.25) is 0 Å². The summed E-state index contributed by atoms with van der Waals surface area (Å²) in [5.41, 5.74) is 8.35. The third-order valence-corrected chi connectivity index (χ3v) is 8.06. The number of hydrogen-bond donors (Lipinski definition) is 0. The molecule has 2 nitrogen and oxygen atoms in total. The van der Waals surface area contributed by atoms with E-state index in [2.05, 4.69) is 76.6 Å². The number of nitrogens with zero attached hydrogens (tertiary/aromatic N) is 2. The Balaban J connectivity index is 1.53. The predicted octanol–water partition coefficient (Wildman–Crippen LogP) is 7.30. The normalized spacial score (nSPS) is 17.6. The van der Waals surface area contributed by atoms with Crippen LogP contribution in [0.1, 0.15) is 29.5 Å². The summed E-state index contributed by atoms with van der Waals surface area (Å²) < 4.78 is 34.4. The van der Waals surface area contributed by atoms with E-state index in [9.17, 15) is 4.39 Å². The number of aromatic nitrogens is 2. The zero-order chi connectivity index (χ0) is 25.8. The van der Waals surface area contributed by atoms with Gasteiger partial charge in [-0.25, -0.2) is 8.78 Å². The van der Waals surface area contributed by atoms with Crippen molar-refractivity contribution < 1.29 is 17.9 Å². The molecule has 0 radical (unpaired) electrons.